The number of nitrogens with one attached hydrogen (secondary N) is 1. The molecule has 35 heavy (non-hydrogen) atoms. The van der Waals surface area contributed by atoms with Crippen molar-refractivity contribution in [2.24, 2.45) is 0 Å². The zero-order valence-corrected chi connectivity index (χ0v) is 21.5. The lowest BCUT2D eigenvalue weighted by molar-refractivity contribution is -0.141. The van der Waals surface area contributed by atoms with Crippen LogP contribution < -0.4 is 10.1 Å². The molecule has 0 aromatic heterocycles. The highest BCUT2D eigenvalue weighted by Crippen LogP contribution is 2.20. The Morgan fingerprint density at radius 2 is 1.49 bits per heavy atom. The van der Waals surface area contributed by atoms with Gasteiger partial charge < -0.3 is 15.0 Å². The molecule has 0 bridgehead atoms. The molecule has 3 aromatic rings. The van der Waals surface area contributed by atoms with Crippen molar-refractivity contribution in [2.75, 3.05) is 7.11 Å². The lowest BCUT2D eigenvalue weighted by atomic mass is 10.00. The fraction of sp³-hybridized carbons (Fsp3) is 0.310. The lowest BCUT2D eigenvalue weighted by Gasteiger charge is -2.34. The second kappa shape index (κ2) is 11.9. The topological polar surface area (TPSA) is 58.6 Å². The zero-order chi connectivity index (χ0) is 25.4. The predicted octanol–water partition coefficient (Wildman–Crippen LogP) is 5.45. The molecule has 0 unspecified atom stereocenters. The van der Waals surface area contributed by atoms with E-state index in [4.69, 9.17) is 16.3 Å². The molecule has 0 radical (unpaired) electrons. The zero-order valence-electron chi connectivity index (χ0n) is 20.8. The summed E-state index contributed by atoms with van der Waals surface area (Å²) < 4.78 is 5.23. The van der Waals surface area contributed by atoms with Crippen molar-refractivity contribution in [3.05, 3.63) is 101 Å². The molecule has 0 spiro atoms. The van der Waals surface area contributed by atoms with Crippen LogP contribution in [0.5, 0.6) is 5.75 Å². The van der Waals surface area contributed by atoms with Gasteiger partial charge in [0.05, 0.1) is 13.5 Å². The summed E-state index contributed by atoms with van der Waals surface area (Å²) in [6, 6.07) is 23.9. The molecule has 3 aromatic carbocycles. The molecule has 0 saturated heterocycles. The van der Waals surface area contributed by atoms with Crippen molar-refractivity contribution in [3.63, 3.8) is 0 Å². The molecule has 2 amide bonds. The Hall–Kier alpha value is -3.31. The second-order valence-corrected chi connectivity index (χ2v) is 10.1. The number of rotatable bonds is 9. The van der Waals surface area contributed by atoms with E-state index in [1.54, 1.807) is 24.1 Å². The van der Waals surface area contributed by atoms with Crippen molar-refractivity contribution in [1.29, 1.82) is 0 Å². The largest absolute Gasteiger partial charge is 0.497 e. The van der Waals surface area contributed by atoms with Crippen molar-refractivity contribution >= 4 is 23.4 Å². The number of hydrogen-bond acceptors (Lipinski definition) is 3. The van der Waals surface area contributed by atoms with Gasteiger partial charge in [-0.25, -0.2) is 0 Å². The third-order valence-corrected chi connectivity index (χ3v) is 5.80. The molecule has 3 rings (SSSR count). The fourth-order valence-electron chi connectivity index (χ4n) is 3.81. The van der Waals surface area contributed by atoms with Gasteiger partial charge in [0.25, 0.3) is 0 Å². The summed E-state index contributed by atoms with van der Waals surface area (Å²) in [6.45, 7) is 6.11. The summed E-state index contributed by atoms with van der Waals surface area (Å²) >= 11 is 6.08. The first-order chi connectivity index (χ1) is 16.6. The Morgan fingerprint density at radius 3 is 2.06 bits per heavy atom. The number of carbonyl (C=O) groups excluding carboxylic acids is 2. The van der Waals surface area contributed by atoms with E-state index in [-0.39, 0.29) is 18.2 Å². The van der Waals surface area contributed by atoms with E-state index in [1.165, 1.54) is 0 Å². The first kappa shape index (κ1) is 26.3. The molecule has 1 atom stereocenters. The van der Waals surface area contributed by atoms with Crippen molar-refractivity contribution in [2.45, 2.75) is 51.7 Å². The van der Waals surface area contributed by atoms with Crippen LogP contribution in [-0.2, 0) is 29.0 Å². The van der Waals surface area contributed by atoms with Gasteiger partial charge in [0.2, 0.25) is 11.8 Å². The SMILES string of the molecule is COc1ccc(CC(=O)N(Cc2ccc(Cl)cc2)[C@@H](Cc2ccccc2)C(=O)NC(C)(C)C)cc1. The van der Waals surface area contributed by atoms with Crippen molar-refractivity contribution < 1.29 is 14.3 Å². The Morgan fingerprint density at radius 1 is 0.886 bits per heavy atom. The summed E-state index contributed by atoms with van der Waals surface area (Å²) in [7, 11) is 1.61. The van der Waals surface area contributed by atoms with Gasteiger partial charge in [-0.3, -0.25) is 9.59 Å². The first-order valence-corrected chi connectivity index (χ1v) is 12.1. The van der Waals surface area contributed by atoms with Crippen LogP contribution in [0, 0.1) is 0 Å². The van der Waals surface area contributed by atoms with Gasteiger partial charge in [0.15, 0.2) is 0 Å². The number of halogens is 1. The van der Waals surface area contributed by atoms with Crippen LogP contribution in [0.25, 0.3) is 0 Å². The van der Waals surface area contributed by atoms with Gasteiger partial charge in [-0.1, -0.05) is 66.2 Å². The maximum atomic E-state index is 13.7. The second-order valence-electron chi connectivity index (χ2n) is 9.62. The Balaban J connectivity index is 1.96. The van der Waals surface area contributed by atoms with Gasteiger partial charge in [-0.2, -0.15) is 0 Å². The minimum Gasteiger partial charge on any atom is -0.497 e. The van der Waals surface area contributed by atoms with Crippen LogP contribution in [0.1, 0.15) is 37.5 Å². The number of ether oxygens (including phenoxy) is 1. The molecule has 0 aliphatic carbocycles. The van der Waals surface area contributed by atoms with E-state index in [0.717, 1.165) is 22.4 Å². The fourth-order valence-corrected chi connectivity index (χ4v) is 3.94. The monoisotopic (exact) mass is 492 g/mol. The summed E-state index contributed by atoms with van der Waals surface area (Å²) in [6.07, 6.45) is 0.580. The number of amides is 2. The number of nitrogens with zero attached hydrogens (tertiary/aromatic N) is 1. The molecule has 0 heterocycles. The molecule has 1 N–H and O–H groups in total. The highest BCUT2D eigenvalue weighted by molar-refractivity contribution is 6.30. The van der Waals surface area contributed by atoms with Gasteiger partial charge in [-0.15, -0.1) is 0 Å². The average molecular weight is 493 g/mol. The summed E-state index contributed by atoms with van der Waals surface area (Å²) in [5.41, 5.74) is 2.31. The number of hydrogen-bond donors (Lipinski definition) is 1. The van der Waals surface area contributed by atoms with Gasteiger partial charge in [-0.05, 0) is 61.7 Å². The quantitative estimate of drug-likeness (QED) is 0.432. The predicted molar refractivity (Wildman–Crippen MR) is 141 cm³/mol. The summed E-state index contributed by atoms with van der Waals surface area (Å²) in [5.74, 6) is 0.416. The molecule has 0 fully saturated rings. The molecule has 0 saturated carbocycles. The van der Waals surface area contributed by atoms with E-state index in [9.17, 15) is 9.59 Å². The summed E-state index contributed by atoms with van der Waals surface area (Å²) in [4.78, 5) is 29.0. The van der Waals surface area contributed by atoms with E-state index < -0.39 is 11.6 Å². The highest BCUT2D eigenvalue weighted by Gasteiger charge is 2.32. The lowest BCUT2D eigenvalue weighted by Crippen LogP contribution is -2.54. The molecule has 5 nitrogen and oxygen atoms in total. The molecular weight excluding hydrogens is 460 g/mol. The molecular formula is C29H33ClN2O3. The number of benzene rings is 3. The minimum atomic E-state index is -0.682. The number of methoxy groups -OCH3 is 1. The van der Waals surface area contributed by atoms with Crippen LogP contribution in [-0.4, -0.2) is 35.4 Å². The van der Waals surface area contributed by atoms with E-state index in [2.05, 4.69) is 5.32 Å². The molecule has 6 heteroatoms. The maximum Gasteiger partial charge on any atom is 0.243 e. The molecule has 0 aliphatic rings. The summed E-state index contributed by atoms with van der Waals surface area (Å²) in [5, 5.41) is 3.70. The molecule has 184 valence electrons. The van der Waals surface area contributed by atoms with E-state index >= 15 is 0 Å². The van der Waals surface area contributed by atoms with Gasteiger partial charge >= 0.3 is 0 Å². The van der Waals surface area contributed by atoms with Crippen LogP contribution in [0.2, 0.25) is 5.02 Å². The first-order valence-electron chi connectivity index (χ1n) is 11.7. The molecule has 0 aliphatic heterocycles. The van der Waals surface area contributed by atoms with E-state index in [1.807, 2.05) is 87.5 Å². The van der Waals surface area contributed by atoms with E-state index in [0.29, 0.717) is 18.0 Å². The van der Waals surface area contributed by atoms with Crippen molar-refractivity contribution in [1.82, 2.24) is 10.2 Å². The Labute approximate surface area is 213 Å². The standard InChI is InChI=1S/C29H33ClN2O3/c1-29(2,3)31-28(34)26(18-21-8-6-5-7-9-21)32(20-23-10-14-24(30)15-11-23)27(33)19-22-12-16-25(35-4)17-13-22/h5-17,26H,18-20H2,1-4H3,(H,31,34)/t26-/m0/s1. The Kier molecular flexibility index (Phi) is 8.94. The van der Waals surface area contributed by atoms with Crippen LogP contribution >= 0.6 is 11.6 Å². The van der Waals surface area contributed by atoms with Crippen LogP contribution in [0.15, 0.2) is 78.9 Å². The van der Waals surface area contributed by atoms with Gasteiger partial charge in [0, 0.05) is 23.5 Å². The van der Waals surface area contributed by atoms with Crippen molar-refractivity contribution in [3.8, 4) is 5.75 Å². The highest BCUT2D eigenvalue weighted by atomic mass is 35.5. The maximum absolute atomic E-state index is 13.7. The van der Waals surface area contributed by atoms with Crippen LogP contribution in [0.4, 0.5) is 0 Å². The smallest absolute Gasteiger partial charge is 0.243 e. The Bertz CT molecular complexity index is 1110. The van der Waals surface area contributed by atoms with Crippen LogP contribution in [0.3, 0.4) is 0 Å². The minimum absolute atomic E-state index is 0.130. The third-order valence-electron chi connectivity index (χ3n) is 5.55. The normalized spacial score (nSPS) is 12.0. The third kappa shape index (κ3) is 8.15. The number of carbonyl (C=O) groups is 2. The van der Waals surface area contributed by atoms with Gasteiger partial charge in [0.1, 0.15) is 11.8 Å². The average Bonchev–Trinajstić information content (AvgIpc) is 2.82.